The van der Waals surface area contributed by atoms with Crippen LogP contribution in [0.3, 0.4) is 0 Å². The number of amides is 1. The quantitative estimate of drug-likeness (QED) is 0.536. The molecule has 1 aromatic rings. The molecule has 1 spiro atoms. The first-order chi connectivity index (χ1) is 17.5. The number of aliphatic carboxylic acids is 2. The lowest BCUT2D eigenvalue weighted by molar-refractivity contribution is -0.193. The van der Waals surface area contributed by atoms with Gasteiger partial charge in [0.15, 0.2) is 0 Å². The van der Waals surface area contributed by atoms with Crippen molar-refractivity contribution in [2.45, 2.75) is 43.5 Å². The van der Waals surface area contributed by atoms with E-state index in [0.717, 1.165) is 50.6 Å². The molecule has 14 heteroatoms. The molecule has 1 amide bonds. The minimum absolute atomic E-state index is 0.261. The zero-order valence-corrected chi connectivity index (χ0v) is 21.0. The SMILES string of the molecule is CN(C)CCN1C(=O)C2(CCN(CC3CC3)CC2)c2ccccc21.O=C(O)C(F)(F)F.O=C(O)C(F)(F)F. The van der Waals surface area contributed by atoms with Gasteiger partial charge in [-0.1, -0.05) is 18.2 Å². The molecule has 0 bridgehead atoms. The van der Waals surface area contributed by atoms with E-state index in [1.807, 2.05) is 4.90 Å². The summed E-state index contributed by atoms with van der Waals surface area (Å²) in [6.45, 7) is 5.08. The van der Waals surface area contributed by atoms with Crippen molar-refractivity contribution in [3.05, 3.63) is 29.8 Å². The molecule has 1 aliphatic carbocycles. The predicted molar refractivity (Wildman–Crippen MR) is 125 cm³/mol. The number of carboxylic acids is 2. The zero-order valence-electron chi connectivity index (χ0n) is 21.0. The summed E-state index contributed by atoms with van der Waals surface area (Å²) in [7, 11) is 4.14. The van der Waals surface area contributed by atoms with Crippen molar-refractivity contribution < 1.29 is 50.9 Å². The number of hydrogen-bond donors (Lipinski definition) is 2. The van der Waals surface area contributed by atoms with Gasteiger partial charge < -0.3 is 24.9 Å². The molecular formula is C24H31F6N3O5. The predicted octanol–water partition coefficient (Wildman–Crippen LogP) is 3.61. The normalized spacial score (nSPS) is 18.9. The van der Waals surface area contributed by atoms with Crippen LogP contribution in [0.4, 0.5) is 32.0 Å². The molecule has 2 heterocycles. The molecule has 2 aliphatic heterocycles. The van der Waals surface area contributed by atoms with Crippen molar-refractivity contribution in [1.82, 2.24) is 9.80 Å². The minimum atomic E-state index is -5.08. The van der Waals surface area contributed by atoms with E-state index in [2.05, 4.69) is 48.2 Å². The van der Waals surface area contributed by atoms with Gasteiger partial charge in [-0.25, -0.2) is 9.59 Å². The number of piperidine rings is 1. The lowest BCUT2D eigenvalue weighted by Gasteiger charge is -2.38. The number of nitrogens with zero attached hydrogens (tertiary/aromatic N) is 3. The van der Waals surface area contributed by atoms with Gasteiger partial charge in [0.2, 0.25) is 5.91 Å². The highest BCUT2D eigenvalue weighted by Crippen LogP contribution is 2.48. The van der Waals surface area contributed by atoms with Crippen molar-refractivity contribution in [3.8, 4) is 0 Å². The second-order valence-corrected chi connectivity index (χ2v) is 9.71. The lowest BCUT2D eigenvalue weighted by atomic mass is 9.73. The monoisotopic (exact) mass is 555 g/mol. The number of benzene rings is 1. The van der Waals surface area contributed by atoms with Crippen LogP contribution < -0.4 is 4.90 Å². The molecule has 0 aromatic heterocycles. The van der Waals surface area contributed by atoms with E-state index in [-0.39, 0.29) is 5.41 Å². The first-order valence-corrected chi connectivity index (χ1v) is 11.9. The van der Waals surface area contributed by atoms with Crippen LogP contribution in [0.25, 0.3) is 0 Å². The van der Waals surface area contributed by atoms with Gasteiger partial charge in [0.1, 0.15) is 0 Å². The van der Waals surface area contributed by atoms with Crippen molar-refractivity contribution >= 4 is 23.5 Å². The standard InChI is InChI=1S/C20H29N3O.2C2HF3O2/c1-21(2)13-14-23-18-6-4-3-5-17(18)20(19(23)24)9-11-22(12-10-20)15-16-7-8-16;2*3-2(4,5)1(6)7/h3-6,16H,7-15H2,1-2H3;2*(H,6,7). The average Bonchev–Trinajstić information content (AvgIpc) is 3.60. The van der Waals surface area contributed by atoms with E-state index >= 15 is 0 Å². The Labute approximate surface area is 215 Å². The molecule has 0 radical (unpaired) electrons. The van der Waals surface area contributed by atoms with E-state index in [9.17, 15) is 31.1 Å². The van der Waals surface area contributed by atoms with Gasteiger partial charge in [-0.2, -0.15) is 26.3 Å². The lowest BCUT2D eigenvalue weighted by Crippen LogP contribution is -2.49. The molecule has 3 aliphatic rings. The maximum Gasteiger partial charge on any atom is 0.490 e. The van der Waals surface area contributed by atoms with Crippen LogP contribution in [-0.2, 0) is 19.8 Å². The molecule has 0 unspecified atom stereocenters. The summed E-state index contributed by atoms with van der Waals surface area (Å²) in [5, 5.41) is 14.2. The number of halogens is 6. The maximum absolute atomic E-state index is 13.4. The van der Waals surface area contributed by atoms with Crippen LogP contribution in [0.5, 0.6) is 0 Å². The van der Waals surface area contributed by atoms with Crippen LogP contribution in [0.1, 0.15) is 31.2 Å². The van der Waals surface area contributed by atoms with Crippen molar-refractivity contribution in [2.75, 3.05) is 51.7 Å². The first-order valence-electron chi connectivity index (χ1n) is 11.9. The molecule has 214 valence electrons. The fourth-order valence-corrected chi connectivity index (χ4v) is 4.38. The molecule has 1 saturated heterocycles. The topological polar surface area (TPSA) is 101 Å². The van der Waals surface area contributed by atoms with Crippen LogP contribution >= 0.6 is 0 Å². The van der Waals surface area contributed by atoms with E-state index in [1.165, 1.54) is 24.9 Å². The third-order valence-electron chi connectivity index (χ3n) is 6.54. The van der Waals surface area contributed by atoms with Crippen LogP contribution in [0.15, 0.2) is 24.3 Å². The number of alkyl halides is 6. The van der Waals surface area contributed by atoms with Crippen LogP contribution in [0.2, 0.25) is 0 Å². The molecule has 38 heavy (non-hydrogen) atoms. The largest absolute Gasteiger partial charge is 0.490 e. The zero-order chi connectivity index (χ0) is 28.9. The average molecular weight is 556 g/mol. The highest BCUT2D eigenvalue weighted by atomic mass is 19.4. The second kappa shape index (κ2) is 12.3. The van der Waals surface area contributed by atoms with E-state index in [4.69, 9.17) is 19.8 Å². The molecular weight excluding hydrogens is 524 g/mol. The van der Waals surface area contributed by atoms with Crippen LogP contribution in [-0.4, -0.2) is 97.0 Å². The number of anilines is 1. The van der Waals surface area contributed by atoms with Gasteiger partial charge in [-0.05, 0) is 70.4 Å². The highest BCUT2D eigenvalue weighted by molar-refractivity contribution is 6.08. The number of carbonyl (C=O) groups excluding carboxylic acids is 1. The maximum atomic E-state index is 13.4. The summed E-state index contributed by atoms with van der Waals surface area (Å²) in [5.74, 6) is -4.24. The van der Waals surface area contributed by atoms with Gasteiger partial charge in [0, 0.05) is 25.3 Å². The van der Waals surface area contributed by atoms with Gasteiger partial charge >= 0.3 is 24.3 Å². The molecule has 1 saturated carbocycles. The summed E-state index contributed by atoms with van der Waals surface area (Å²) >= 11 is 0. The van der Waals surface area contributed by atoms with Crippen molar-refractivity contribution in [1.29, 1.82) is 0 Å². The Morgan fingerprint density at radius 1 is 0.974 bits per heavy atom. The van der Waals surface area contributed by atoms with E-state index < -0.39 is 24.3 Å². The highest BCUT2D eigenvalue weighted by Gasteiger charge is 2.51. The third-order valence-corrected chi connectivity index (χ3v) is 6.54. The molecule has 2 N–H and O–H groups in total. The number of rotatable bonds is 5. The number of fused-ring (bicyclic) bond motifs is 2. The Bertz CT molecular complexity index is 962. The number of carboxylic acid groups (broad SMARTS) is 2. The Morgan fingerprint density at radius 3 is 1.87 bits per heavy atom. The van der Waals surface area contributed by atoms with Gasteiger partial charge in [-0.3, -0.25) is 4.79 Å². The number of likely N-dealkylation sites (N-methyl/N-ethyl adjacent to an activating group) is 1. The fraction of sp³-hybridized carbons (Fsp3) is 0.625. The number of carbonyl (C=O) groups is 3. The van der Waals surface area contributed by atoms with Crippen molar-refractivity contribution in [2.24, 2.45) is 5.92 Å². The minimum Gasteiger partial charge on any atom is -0.475 e. The summed E-state index contributed by atoms with van der Waals surface area (Å²) in [4.78, 5) is 38.0. The summed E-state index contributed by atoms with van der Waals surface area (Å²) in [5.41, 5.74) is 2.17. The number of hydrogen-bond acceptors (Lipinski definition) is 5. The fourth-order valence-electron chi connectivity index (χ4n) is 4.38. The summed E-state index contributed by atoms with van der Waals surface area (Å²) in [6, 6.07) is 8.49. The first kappa shape index (κ1) is 31.3. The Balaban J connectivity index is 0.000000301. The molecule has 4 rings (SSSR count). The van der Waals surface area contributed by atoms with Gasteiger partial charge in [0.05, 0.1) is 5.41 Å². The molecule has 0 atom stereocenters. The summed E-state index contributed by atoms with van der Waals surface area (Å²) in [6.07, 6.45) is -5.40. The van der Waals surface area contributed by atoms with Gasteiger partial charge in [0.25, 0.3) is 0 Å². The third kappa shape index (κ3) is 8.32. The number of para-hydroxylation sites is 1. The van der Waals surface area contributed by atoms with Crippen molar-refractivity contribution in [3.63, 3.8) is 0 Å². The van der Waals surface area contributed by atoms with E-state index in [1.54, 1.807) is 0 Å². The van der Waals surface area contributed by atoms with Gasteiger partial charge in [-0.15, -0.1) is 0 Å². The number of likely N-dealkylation sites (tertiary alicyclic amines) is 1. The molecule has 8 nitrogen and oxygen atoms in total. The molecule has 1 aromatic carbocycles. The Morgan fingerprint density at radius 2 is 1.45 bits per heavy atom. The van der Waals surface area contributed by atoms with Crippen LogP contribution in [0, 0.1) is 5.92 Å². The second-order valence-electron chi connectivity index (χ2n) is 9.71. The summed E-state index contributed by atoms with van der Waals surface area (Å²) < 4.78 is 63.5. The van der Waals surface area contributed by atoms with E-state index in [0.29, 0.717) is 5.91 Å². The molecule has 2 fully saturated rings. The Kier molecular flexibility index (Phi) is 10.2. The Hall–Kier alpha value is -2.87. The smallest absolute Gasteiger partial charge is 0.475 e.